The zero-order chi connectivity index (χ0) is 15.7. The van der Waals surface area contributed by atoms with Crippen molar-refractivity contribution in [3.63, 3.8) is 0 Å². The number of fused-ring (bicyclic) bond motifs is 1. The summed E-state index contributed by atoms with van der Waals surface area (Å²) < 4.78 is 0. The second kappa shape index (κ2) is 5.64. The molecule has 1 aliphatic rings. The van der Waals surface area contributed by atoms with E-state index in [9.17, 15) is 9.59 Å². The molecule has 0 bridgehead atoms. The molecule has 3 rings (SSSR count). The highest BCUT2D eigenvalue weighted by Gasteiger charge is 2.17. The van der Waals surface area contributed by atoms with Gasteiger partial charge in [-0.15, -0.1) is 0 Å². The van der Waals surface area contributed by atoms with Crippen molar-refractivity contribution in [2.24, 2.45) is 0 Å². The summed E-state index contributed by atoms with van der Waals surface area (Å²) in [5, 5.41) is 5.76. The van der Waals surface area contributed by atoms with E-state index in [-0.39, 0.29) is 11.8 Å². The van der Waals surface area contributed by atoms with Gasteiger partial charge in [-0.25, -0.2) is 0 Å². The van der Waals surface area contributed by atoms with Gasteiger partial charge in [-0.1, -0.05) is 17.7 Å². The highest BCUT2D eigenvalue weighted by molar-refractivity contribution is 6.05. The number of benzene rings is 2. The molecule has 2 aromatic rings. The van der Waals surface area contributed by atoms with Gasteiger partial charge in [0, 0.05) is 23.4 Å². The number of rotatable bonds is 2. The van der Waals surface area contributed by atoms with Gasteiger partial charge < -0.3 is 10.6 Å². The number of hydrogen-bond donors (Lipinski definition) is 2. The number of anilines is 2. The molecule has 2 aromatic carbocycles. The van der Waals surface area contributed by atoms with Crippen molar-refractivity contribution in [1.82, 2.24) is 0 Å². The van der Waals surface area contributed by atoms with Crippen molar-refractivity contribution in [2.45, 2.75) is 26.7 Å². The summed E-state index contributed by atoms with van der Waals surface area (Å²) in [5.41, 5.74) is 5.45. The fourth-order valence-electron chi connectivity index (χ4n) is 2.67. The minimum atomic E-state index is -0.133. The van der Waals surface area contributed by atoms with E-state index in [0.717, 1.165) is 22.5 Å². The first-order valence-electron chi connectivity index (χ1n) is 7.34. The van der Waals surface area contributed by atoms with Crippen LogP contribution in [0.3, 0.4) is 0 Å². The molecule has 1 aliphatic heterocycles. The number of hydrogen-bond acceptors (Lipinski definition) is 2. The van der Waals surface area contributed by atoms with Gasteiger partial charge in [0.15, 0.2) is 0 Å². The lowest BCUT2D eigenvalue weighted by Gasteiger charge is -2.17. The Bertz CT molecular complexity index is 766. The molecule has 0 fully saturated rings. The lowest BCUT2D eigenvalue weighted by Crippen LogP contribution is -2.20. The van der Waals surface area contributed by atoms with Gasteiger partial charge in [-0.05, 0) is 55.7 Å². The summed E-state index contributed by atoms with van der Waals surface area (Å²) in [4.78, 5) is 23.8. The van der Waals surface area contributed by atoms with Crippen LogP contribution in [0.15, 0.2) is 36.4 Å². The first kappa shape index (κ1) is 14.3. The Labute approximate surface area is 129 Å². The van der Waals surface area contributed by atoms with Crippen LogP contribution in [-0.2, 0) is 11.2 Å². The Hall–Kier alpha value is -2.62. The molecular formula is C18H18N2O2. The lowest BCUT2D eigenvalue weighted by atomic mass is 10.00. The van der Waals surface area contributed by atoms with Crippen molar-refractivity contribution >= 4 is 23.2 Å². The van der Waals surface area contributed by atoms with Crippen molar-refractivity contribution < 1.29 is 9.59 Å². The molecule has 0 aromatic heterocycles. The maximum absolute atomic E-state index is 12.4. The largest absolute Gasteiger partial charge is 0.326 e. The first-order chi connectivity index (χ1) is 10.5. The monoisotopic (exact) mass is 294 g/mol. The van der Waals surface area contributed by atoms with Crippen molar-refractivity contribution in [3.8, 4) is 0 Å². The number of carbonyl (C=O) groups is 2. The Morgan fingerprint density at radius 2 is 1.91 bits per heavy atom. The Balaban J connectivity index is 1.82. The van der Waals surface area contributed by atoms with Crippen LogP contribution in [0.5, 0.6) is 0 Å². The topological polar surface area (TPSA) is 58.2 Å². The van der Waals surface area contributed by atoms with E-state index in [0.29, 0.717) is 18.4 Å². The second-order valence-corrected chi connectivity index (χ2v) is 5.69. The molecule has 0 saturated heterocycles. The van der Waals surface area contributed by atoms with Crippen LogP contribution in [0.4, 0.5) is 11.4 Å². The summed E-state index contributed by atoms with van der Waals surface area (Å²) in [6.07, 6.45) is 1.14. The fourth-order valence-corrected chi connectivity index (χ4v) is 2.67. The minimum absolute atomic E-state index is 0.0278. The Morgan fingerprint density at radius 3 is 2.68 bits per heavy atom. The third kappa shape index (κ3) is 2.86. The van der Waals surface area contributed by atoms with Gasteiger partial charge in [-0.3, -0.25) is 9.59 Å². The van der Waals surface area contributed by atoms with Crippen molar-refractivity contribution in [2.75, 3.05) is 10.6 Å². The zero-order valence-corrected chi connectivity index (χ0v) is 12.7. The number of nitrogens with one attached hydrogen (secondary N) is 2. The average molecular weight is 294 g/mol. The normalized spacial score (nSPS) is 13.3. The van der Waals surface area contributed by atoms with Crippen molar-refractivity contribution in [1.29, 1.82) is 0 Å². The molecule has 2 amide bonds. The maximum Gasteiger partial charge on any atom is 0.255 e. The summed E-state index contributed by atoms with van der Waals surface area (Å²) in [6.45, 7) is 4.00. The molecule has 112 valence electrons. The maximum atomic E-state index is 12.4. The summed E-state index contributed by atoms with van der Waals surface area (Å²) in [6, 6.07) is 11.3. The zero-order valence-electron chi connectivity index (χ0n) is 12.7. The summed E-state index contributed by atoms with van der Waals surface area (Å²) >= 11 is 0. The second-order valence-electron chi connectivity index (χ2n) is 5.69. The highest BCUT2D eigenvalue weighted by atomic mass is 16.2. The van der Waals surface area contributed by atoms with Gasteiger partial charge >= 0.3 is 0 Å². The van der Waals surface area contributed by atoms with Crippen LogP contribution in [0, 0.1) is 13.8 Å². The van der Waals surface area contributed by atoms with Crippen LogP contribution in [0.2, 0.25) is 0 Å². The SMILES string of the molecule is Cc1ccc(NC(=O)c2ccc3c(c2)CCC(=O)N3)c(C)c1. The van der Waals surface area contributed by atoms with E-state index in [4.69, 9.17) is 0 Å². The fraction of sp³-hybridized carbons (Fsp3) is 0.222. The predicted octanol–water partition coefficient (Wildman–Crippen LogP) is 3.44. The number of amides is 2. The standard InChI is InChI=1S/C18H18N2O2/c1-11-3-6-15(12(2)9-11)20-18(22)14-4-7-16-13(10-14)5-8-17(21)19-16/h3-4,6-7,9-10H,5,8H2,1-2H3,(H,19,21)(H,20,22). The van der Waals surface area contributed by atoms with E-state index < -0.39 is 0 Å². The van der Waals surface area contributed by atoms with Gasteiger partial charge in [0.05, 0.1) is 0 Å². The lowest BCUT2D eigenvalue weighted by molar-refractivity contribution is -0.116. The number of aryl methyl sites for hydroxylation is 3. The molecular weight excluding hydrogens is 276 g/mol. The molecule has 0 aliphatic carbocycles. The smallest absolute Gasteiger partial charge is 0.255 e. The molecule has 0 radical (unpaired) electrons. The number of carbonyl (C=O) groups excluding carboxylic acids is 2. The van der Waals surface area contributed by atoms with Gasteiger partial charge in [0.1, 0.15) is 0 Å². The molecule has 1 heterocycles. The predicted molar refractivity (Wildman–Crippen MR) is 87.3 cm³/mol. The minimum Gasteiger partial charge on any atom is -0.326 e. The first-order valence-corrected chi connectivity index (χ1v) is 7.34. The molecule has 22 heavy (non-hydrogen) atoms. The van der Waals surface area contributed by atoms with Gasteiger partial charge in [0.2, 0.25) is 5.91 Å². The van der Waals surface area contributed by atoms with Crippen LogP contribution in [0.1, 0.15) is 33.5 Å². The van der Waals surface area contributed by atoms with E-state index in [1.807, 2.05) is 38.1 Å². The molecule has 4 nitrogen and oxygen atoms in total. The Kier molecular flexibility index (Phi) is 3.67. The molecule has 0 spiro atoms. The van der Waals surface area contributed by atoms with Crippen LogP contribution < -0.4 is 10.6 Å². The molecule has 0 atom stereocenters. The summed E-state index contributed by atoms with van der Waals surface area (Å²) in [5.74, 6) is -0.105. The van der Waals surface area contributed by atoms with E-state index in [2.05, 4.69) is 10.6 Å². The van der Waals surface area contributed by atoms with E-state index in [1.54, 1.807) is 12.1 Å². The van der Waals surface area contributed by atoms with Crippen LogP contribution in [-0.4, -0.2) is 11.8 Å². The summed E-state index contributed by atoms with van der Waals surface area (Å²) in [7, 11) is 0. The third-order valence-electron chi connectivity index (χ3n) is 3.89. The van der Waals surface area contributed by atoms with Crippen LogP contribution in [0.25, 0.3) is 0 Å². The molecule has 0 unspecified atom stereocenters. The highest BCUT2D eigenvalue weighted by Crippen LogP contribution is 2.24. The van der Waals surface area contributed by atoms with E-state index >= 15 is 0 Å². The average Bonchev–Trinajstić information content (AvgIpc) is 2.49. The Morgan fingerprint density at radius 1 is 1.09 bits per heavy atom. The van der Waals surface area contributed by atoms with Gasteiger partial charge in [-0.2, -0.15) is 0 Å². The van der Waals surface area contributed by atoms with Gasteiger partial charge in [0.25, 0.3) is 5.91 Å². The molecule has 0 saturated carbocycles. The quantitative estimate of drug-likeness (QED) is 0.891. The molecule has 2 N–H and O–H groups in total. The van der Waals surface area contributed by atoms with Crippen LogP contribution >= 0.6 is 0 Å². The van der Waals surface area contributed by atoms with E-state index in [1.165, 1.54) is 5.56 Å². The molecule has 4 heteroatoms. The van der Waals surface area contributed by atoms with Crippen molar-refractivity contribution in [3.05, 3.63) is 58.7 Å². The third-order valence-corrected chi connectivity index (χ3v) is 3.89.